The summed E-state index contributed by atoms with van der Waals surface area (Å²) in [5.41, 5.74) is 1.43. The van der Waals surface area contributed by atoms with Crippen LogP contribution in [0.25, 0.3) is 0 Å². The van der Waals surface area contributed by atoms with Crippen LogP contribution in [-0.2, 0) is 0 Å². The van der Waals surface area contributed by atoms with E-state index in [2.05, 4.69) is 31.0 Å². The van der Waals surface area contributed by atoms with Gasteiger partial charge in [-0.3, -0.25) is 4.79 Å². The van der Waals surface area contributed by atoms with Crippen LogP contribution in [0.2, 0.25) is 0 Å². The van der Waals surface area contributed by atoms with Crippen LogP contribution >= 0.6 is 0 Å². The van der Waals surface area contributed by atoms with E-state index in [1.54, 1.807) is 24.3 Å². The number of nitrogens with one attached hydrogen (secondary N) is 1. The summed E-state index contributed by atoms with van der Waals surface area (Å²) < 4.78 is 0. The third kappa shape index (κ3) is 5.46. The number of carbonyl (C=O) groups is 1. The van der Waals surface area contributed by atoms with Crippen LogP contribution in [0.15, 0.2) is 24.3 Å². The summed E-state index contributed by atoms with van der Waals surface area (Å²) in [6, 6.07) is 7.26. The Morgan fingerprint density at radius 3 is 2.50 bits per heavy atom. The highest BCUT2D eigenvalue weighted by Gasteiger charge is 2.11. The van der Waals surface area contributed by atoms with E-state index in [0.29, 0.717) is 11.5 Å². The Hall–Kier alpha value is -1.79. The Bertz CT molecular complexity index is 482. The molecule has 1 aromatic carbocycles. The molecule has 0 heterocycles. The van der Waals surface area contributed by atoms with Crippen molar-refractivity contribution in [2.45, 2.75) is 39.7 Å². The predicted octanol–water partition coefficient (Wildman–Crippen LogP) is 2.58. The van der Waals surface area contributed by atoms with Crippen LogP contribution in [-0.4, -0.2) is 23.7 Å². The lowest BCUT2D eigenvalue weighted by Gasteiger charge is -2.17. The van der Waals surface area contributed by atoms with Gasteiger partial charge in [0.25, 0.3) is 5.91 Å². The minimum Gasteiger partial charge on any atom is -0.384 e. The Morgan fingerprint density at radius 1 is 1.30 bits per heavy atom. The fourth-order valence-corrected chi connectivity index (χ4v) is 1.98. The van der Waals surface area contributed by atoms with E-state index in [9.17, 15) is 4.79 Å². The SMILES string of the molecule is CCC(C)CC(C)NC(=O)c1ccc(C#CCO)cc1. The summed E-state index contributed by atoms with van der Waals surface area (Å²) in [5.74, 6) is 5.94. The zero-order valence-electron chi connectivity index (χ0n) is 12.4. The number of benzene rings is 1. The molecule has 0 radical (unpaired) electrons. The molecule has 2 atom stereocenters. The molecule has 0 aliphatic rings. The lowest BCUT2D eigenvalue weighted by Crippen LogP contribution is -2.33. The first-order valence-electron chi connectivity index (χ1n) is 7.07. The normalized spacial score (nSPS) is 13.0. The van der Waals surface area contributed by atoms with Crippen LogP contribution in [0.5, 0.6) is 0 Å². The van der Waals surface area contributed by atoms with Gasteiger partial charge in [-0.05, 0) is 43.5 Å². The fourth-order valence-electron chi connectivity index (χ4n) is 1.98. The van der Waals surface area contributed by atoms with Gasteiger partial charge in [-0.15, -0.1) is 0 Å². The highest BCUT2D eigenvalue weighted by molar-refractivity contribution is 5.94. The number of rotatable bonds is 5. The van der Waals surface area contributed by atoms with Gasteiger partial charge in [0.05, 0.1) is 0 Å². The maximum atomic E-state index is 12.1. The third-order valence-electron chi connectivity index (χ3n) is 3.29. The maximum Gasteiger partial charge on any atom is 0.251 e. The van der Waals surface area contributed by atoms with Crippen molar-refractivity contribution in [3.63, 3.8) is 0 Å². The summed E-state index contributed by atoms with van der Waals surface area (Å²) in [6.07, 6.45) is 2.11. The van der Waals surface area contributed by atoms with Gasteiger partial charge in [0, 0.05) is 17.2 Å². The highest BCUT2D eigenvalue weighted by atomic mass is 16.2. The van der Waals surface area contributed by atoms with Crippen molar-refractivity contribution in [3.05, 3.63) is 35.4 Å². The molecule has 20 heavy (non-hydrogen) atoms. The van der Waals surface area contributed by atoms with Crippen molar-refractivity contribution >= 4 is 5.91 Å². The van der Waals surface area contributed by atoms with E-state index in [1.807, 2.05) is 6.92 Å². The first-order chi connectivity index (χ1) is 9.56. The topological polar surface area (TPSA) is 49.3 Å². The lowest BCUT2D eigenvalue weighted by molar-refractivity contribution is 0.0935. The summed E-state index contributed by atoms with van der Waals surface area (Å²) >= 11 is 0. The van der Waals surface area contributed by atoms with E-state index in [0.717, 1.165) is 18.4 Å². The van der Waals surface area contributed by atoms with E-state index < -0.39 is 0 Å². The minimum atomic E-state index is -0.157. The molecular weight excluding hydrogens is 250 g/mol. The van der Waals surface area contributed by atoms with E-state index in [-0.39, 0.29) is 18.6 Å². The average Bonchev–Trinajstić information content (AvgIpc) is 2.45. The quantitative estimate of drug-likeness (QED) is 0.810. The third-order valence-corrected chi connectivity index (χ3v) is 3.29. The van der Waals surface area contributed by atoms with Gasteiger partial charge in [-0.2, -0.15) is 0 Å². The molecule has 2 N–H and O–H groups in total. The zero-order chi connectivity index (χ0) is 15.0. The first-order valence-corrected chi connectivity index (χ1v) is 7.07. The molecule has 0 bridgehead atoms. The number of aliphatic hydroxyl groups excluding tert-OH is 1. The van der Waals surface area contributed by atoms with Crippen LogP contribution < -0.4 is 5.32 Å². The van der Waals surface area contributed by atoms with Crippen LogP contribution in [0.3, 0.4) is 0 Å². The molecule has 0 saturated carbocycles. The van der Waals surface area contributed by atoms with E-state index >= 15 is 0 Å². The Kier molecular flexibility index (Phi) is 6.83. The fraction of sp³-hybridized carbons (Fsp3) is 0.471. The molecule has 2 unspecified atom stereocenters. The first kappa shape index (κ1) is 16.3. The van der Waals surface area contributed by atoms with Gasteiger partial charge in [0.15, 0.2) is 0 Å². The van der Waals surface area contributed by atoms with Gasteiger partial charge in [-0.25, -0.2) is 0 Å². The molecule has 1 amide bonds. The molecule has 3 nitrogen and oxygen atoms in total. The van der Waals surface area contributed by atoms with E-state index in [4.69, 9.17) is 5.11 Å². The van der Waals surface area contributed by atoms with Gasteiger partial charge < -0.3 is 10.4 Å². The summed E-state index contributed by atoms with van der Waals surface area (Å²) in [7, 11) is 0. The zero-order valence-corrected chi connectivity index (χ0v) is 12.4. The van der Waals surface area contributed by atoms with Crippen molar-refractivity contribution in [2.75, 3.05) is 6.61 Å². The molecular formula is C17H23NO2. The predicted molar refractivity (Wildman–Crippen MR) is 81.4 cm³/mol. The van der Waals surface area contributed by atoms with Crippen molar-refractivity contribution in [2.24, 2.45) is 5.92 Å². The Morgan fingerprint density at radius 2 is 1.95 bits per heavy atom. The molecule has 0 spiro atoms. The molecule has 0 fully saturated rings. The summed E-state index contributed by atoms with van der Waals surface area (Å²) in [6.45, 7) is 6.23. The Labute approximate surface area is 121 Å². The monoisotopic (exact) mass is 273 g/mol. The Balaban J connectivity index is 2.59. The van der Waals surface area contributed by atoms with Crippen LogP contribution in [0.1, 0.15) is 49.5 Å². The highest BCUT2D eigenvalue weighted by Crippen LogP contribution is 2.10. The second-order valence-electron chi connectivity index (χ2n) is 5.16. The van der Waals surface area contributed by atoms with Gasteiger partial charge >= 0.3 is 0 Å². The molecule has 0 aliphatic carbocycles. The van der Waals surface area contributed by atoms with Crippen molar-refractivity contribution in [3.8, 4) is 11.8 Å². The molecule has 0 saturated heterocycles. The number of carbonyl (C=O) groups excluding carboxylic acids is 1. The van der Waals surface area contributed by atoms with Gasteiger partial charge in [0.2, 0.25) is 0 Å². The minimum absolute atomic E-state index is 0.0533. The van der Waals surface area contributed by atoms with Crippen molar-refractivity contribution in [1.82, 2.24) is 5.32 Å². The standard InChI is InChI=1S/C17H23NO2/c1-4-13(2)12-14(3)18-17(20)16-9-7-15(8-10-16)6-5-11-19/h7-10,13-14,19H,4,11-12H2,1-3H3,(H,18,20). The van der Waals surface area contributed by atoms with Crippen molar-refractivity contribution < 1.29 is 9.90 Å². The number of hydrogen-bond acceptors (Lipinski definition) is 2. The molecule has 0 aliphatic heterocycles. The van der Waals surface area contributed by atoms with Gasteiger partial charge in [-0.1, -0.05) is 32.1 Å². The maximum absolute atomic E-state index is 12.1. The number of hydrogen-bond donors (Lipinski definition) is 2. The van der Waals surface area contributed by atoms with Gasteiger partial charge in [0.1, 0.15) is 6.61 Å². The second kappa shape index (κ2) is 8.39. The molecule has 108 valence electrons. The largest absolute Gasteiger partial charge is 0.384 e. The second-order valence-corrected chi connectivity index (χ2v) is 5.16. The number of aliphatic hydroxyl groups is 1. The van der Waals surface area contributed by atoms with Crippen LogP contribution in [0.4, 0.5) is 0 Å². The summed E-state index contributed by atoms with van der Waals surface area (Å²) in [5, 5.41) is 11.6. The molecule has 3 heteroatoms. The molecule has 0 aromatic heterocycles. The average molecular weight is 273 g/mol. The smallest absolute Gasteiger partial charge is 0.251 e. The molecule has 1 rings (SSSR count). The van der Waals surface area contributed by atoms with Crippen LogP contribution in [0, 0.1) is 17.8 Å². The van der Waals surface area contributed by atoms with E-state index in [1.165, 1.54) is 0 Å². The molecule has 1 aromatic rings. The van der Waals surface area contributed by atoms with Crippen molar-refractivity contribution in [1.29, 1.82) is 0 Å². The number of amides is 1. The summed E-state index contributed by atoms with van der Waals surface area (Å²) in [4.78, 5) is 12.1. The lowest BCUT2D eigenvalue weighted by atomic mass is 10.00.